The Morgan fingerprint density at radius 3 is 2.43 bits per heavy atom. The number of nitrogens with zero attached hydrogens (tertiary/aromatic N) is 2. The van der Waals surface area contributed by atoms with Crippen molar-refractivity contribution in [2.45, 2.75) is 40.0 Å². The lowest BCUT2D eigenvalue weighted by Crippen LogP contribution is -2.54. The lowest BCUT2D eigenvalue weighted by atomic mass is 9.90. The van der Waals surface area contributed by atoms with Gasteiger partial charge >= 0.3 is 11.8 Å². The average Bonchev–Trinajstić information content (AvgIpc) is 2.42. The minimum Gasteiger partial charge on any atom is -0.346 e. The number of rotatable bonds is 4. The summed E-state index contributed by atoms with van der Waals surface area (Å²) >= 11 is 0. The standard InChI is InChI=1S/C16H29N3O2/c1-16(2,3)6-10-18-8-4-13(5-9-18)12-19-11-7-17-14(20)15(19)21/h13H,4-12H2,1-3H3,(H,17,20). The lowest BCUT2D eigenvalue weighted by molar-refractivity contribution is -0.148. The molecule has 2 saturated heterocycles. The molecule has 2 aliphatic heterocycles. The number of hydrogen-bond acceptors (Lipinski definition) is 3. The summed E-state index contributed by atoms with van der Waals surface area (Å²) in [6.45, 7) is 12.3. The molecule has 0 spiro atoms. The van der Waals surface area contributed by atoms with Crippen LogP contribution in [0.2, 0.25) is 0 Å². The van der Waals surface area contributed by atoms with Crippen molar-refractivity contribution in [3.05, 3.63) is 0 Å². The van der Waals surface area contributed by atoms with E-state index in [1.807, 2.05) is 0 Å². The normalized spacial score (nSPS) is 22.5. The Hall–Kier alpha value is -1.10. The van der Waals surface area contributed by atoms with Gasteiger partial charge in [-0.15, -0.1) is 0 Å². The number of piperazine rings is 1. The second-order valence-corrected chi connectivity index (χ2v) is 7.60. The first-order valence-electron chi connectivity index (χ1n) is 8.14. The number of carbonyl (C=O) groups excluding carboxylic acids is 2. The van der Waals surface area contributed by atoms with Crippen molar-refractivity contribution in [3.8, 4) is 0 Å². The molecule has 0 aromatic rings. The highest BCUT2D eigenvalue weighted by atomic mass is 16.2. The zero-order valence-electron chi connectivity index (χ0n) is 13.7. The second-order valence-electron chi connectivity index (χ2n) is 7.60. The fraction of sp³-hybridized carbons (Fsp3) is 0.875. The van der Waals surface area contributed by atoms with Crippen LogP contribution in [-0.2, 0) is 9.59 Å². The summed E-state index contributed by atoms with van der Waals surface area (Å²) < 4.78 is 0. The number of nitrogens with one attached hydrogen (secondary N) is 1. The van der Waals surface area contributed by atoms with E-state index >= 15 is 0 Å². The van der Waals surface area contributed by atoms with Crippen LogP contribution in [0.15, 0.2) is 0 Å². The van der Waals surface area contributed by atoms with E-state index in [4.69, 9.17) is 0 Å². The molecule has 5 nitrogen and oxygen atoms in total. The summed E-state index contributed by atoms with van der Waals surface area (Å²) in [5.74, 6) is -0.244. The molecule has 2 heterocycles. The van der Waals surface area contributed by atoms with Gasteiger partial charge in [-0.25, -0.2) is 0 Å². The number of amides is 2. The summed E-state index contributed by atoms with van der Waals surface area (Å²) in [4.78, 5) is 27.4. The van der Waals surface area contributed by atoms with Crippen LogP contribution in [-0.4, -0.2) is 60.9 Å². The van der Waals surface area contributed by atoms with E-state index in [0.29, 0.717) is 24.4 Å². The Morgan fingerprint density at radius 1 is 1.14 bits per heavy atom. The molecule has 2 amide bonds. The molecule has 21 heavy (non-hydrogen) atoms. The first kappa shape index (κ1) is 16.3. The van der Waals surface area contributed by atoms with E-state index in [1.54, 1.807) is 4.90 Å². The summed E-state index contributed by atoms with van der Waals surface area (Å²) in [5, 5.41) is 2.60. The molecule has 0 aromatic carbocycles. The smallest absolute Gasteiger partial charge is 0.311 e. The topological polar surface area (TPSA) is 52.6 Å². The van der Waals surface area contributed by atoms with E-state index in [-0.39, 0.29) is 5.91 Å². The van der Waals surface area contributed by atoms with E-state index in [2.05, 4.69) is 31.0 Å². The van der Waals surface area contributed by atoms with Gasteiger partial charge in [-0.3, -0.25) is 9.59 Å². The number of hydrogen-bond donors (Lipinski definition) is 1. The summed E-state index contributed by atoms with van der Waals surface area (Å²) in [6.07, 6.45) is 3.49. The van der Waals surface area contributed by atoms with E-state index < -0.39 is 5.91 Å². The molecule has 2 fully saturated rings. The minimum absolute atomic E-state index is 0.351. The highest BCUT2D eigenvalue weighted by Crippen LogP contribution is 2.23. The van der Waals surface area contributed by atoms with Gasteiger partial charge in [0.15, 0.2) is 0 Å². The first-order valence-corrected chi connectivity index (χ1v) is 8.14. The summed E-state index contributed by atoms with van der Waals surface area (Å²) in [7, 11) is 0. The van der Waals surface area contributed by atoms with Crippen LogP contribution < -0.4 is 5.32 Å². The average molecular weight is 295 g/mol. The molecule has 2 rings (SSSR count). The molecule has 0 unspecified atom stereocenters. The number of carbonyl (C=O) groups is 2. The van der Waals surface area contributed by atoms with Gasteiger partial charge in [-0.05, 0) is 50.2 Å². The molecule has 120 valence electrons. The third-order valence-electron chi connectivity index (χ3n) is 4.51. The maximum atomic E-state index is 11.8. The van der Waals surface area contributed by atoms with E-state index in [9.17, 15) is 9.59 Å². The van der Waals surface area contributed by atoms with Crippen molar-refractivity contribution in [2.24, 2.45) is 11.3 Å². The van der Waals surface area contributed by atoms with Gasteiger partial charge < -0.3 is 15.1 Å². The first-order chi connectivity index (χ1) is 9.85. The second kappa shape index (κ2) is 6.77. The molecule has 2 aliphatic rings. The van der Waals surface area contributed by atoms with Gasteiger partial charge in [0.2, 0.25) is 0 Å². The maximum Gasteiger partial charge on any atom is 0.311 e. The molecule has 1 N–H and O–H groups in total. The number of likely N-dealkylation sites (tertiary alicyclic amines) is 1. The van der Waals surface area contributed by atoms with Gasteiger partial charge in [0.05, 0.1) is 0 Å². The van der Waals surface area contributed by atoms with Crippen LogP contribution in [0, 0.1) is 11.3 Å². The molecule has 0 atom stereocenters. The molecule has 5 heteroatoms. The van der Waals surface area contributed by atoms with Crippen LogP contribution in [0.1, 0.15) is 40.0 Å². The van der Waals surface area contributed by atoms with Crippen molar-refractivity contribution in [3.63, 3.8) is 0 Å². The van der Waals surface area contributed by atoms with Gasteiger partial charge in [0.25, 0.3) is 0 Å². The third-order valence-corrected chi connectivity index (χ3v) is 4.51. The largest absolute Gasteiger partial charge is 0.346 e. The maximum absolute atomic E-state index is 11.8. The summed E-state index contributed by atoms with van der Waals surface area (Å²) in [6, 6.07) is 0. The Kier molecular flexibility index (Phi) is 5.25. The fourth-order valence-corrected chi connectivity index (χ4v) is 3.00. The summed E-state index contributed by atoms with van der Waals surface area (Å²) in [5.41, 5.74) is 0.393. The van der Waals surface area contributed by atoms with Crippen LogP contribution in [0.4, 0.5) is 0 Å². The molecule has 0 aromatic heterocycles. The Morgan fingerprint density at radius 2 is 1.81 bits per heavy atom. The predicted molar refractivity (Wildman–Crippen MR) is 82.8 cm³/mol. The SMILES string of the molecule is CC(C)(C)CCN1CCC(CN2CCNC(=O)C2=O)CC1. The van der Waals surface area contributed by atoms with Crippen molar-refractivity contribution in [1.82, 2.24) is 15.1 Å². The Bertz CT molecular complexity index is 381. The van der Waals surface area contributed by atoms with Crippen molar-refractivity contribution >= 4 is 11.8 Å². The molecular weight excluding hydrogens is 266 g/mol. The quantitative estimate of drug-likeness (QED) is 0.790. The Labute approximate surface area is 128 Å². The molecule has 0 bridgehead atoms. The van der Waals surface area contributed by atoms with Gasteiger partial charge in [0, 0.05) is 19.6 Å². The third kappa shape index (κ3) is 4.99. The molecule has 0 saturated carbocycles. The fourth-order valence-electron chi connectivity index (χ4n) is 3.00. The van der Waals surface area contributed by atoms with Gasteiger partial charge in [-0.2, -0.15) is 0 Å². The molecule has 0 aliphatic carbocycles. The number of piperidine rings is 1. The molecule has 0 radical (unpaired) electrons. The zero-order valence-corrected chi connectivity index (χ0v) is 13.7. The van der Waals surface area contributed by atoms with Crippen molar-refractivity contribution in [2.75, 3.05) is 39.3 Å². The van der Waals surface area contributed by atoms with Crippen LogP contribution in [0.25, 0.3) is 0 Å². The zero-order chi connectivity index (χ0) is 15.5. The van der Waals surface area contributed by atoms with E-state index in [0.717, 1.165) is 32.5 Å². The van der Waals surface area contributed by atoms with Crippen LogP contribution >= 0.6 is 0 Å². The highest BCUT2D eigenvalue weighted by molar-refractivity contribution is 6.35. The van der Waals surface area contributed by atoms with Crippen LogP contribution in [0.3, 0.4) is 0 Å². The minimum atomic E-state index is -0.441. The Balaban J connectivity index is 1.71. The van der Waals surface area contributed by atoms with Crippen molar-refractivity contribution < 1.29 is 9.59 Å². The van der Waals surface area contributed by atoms with E-state index in [1.165, 1.54) is 13.0 Å². The molecular formula is C16H29N3O2. The monoisotopic (exact) mass is 295 g/mol. The van der Waals surface area contributed by atoms with Crippen molar-refractivity contribution in [1.29, 1.82) is 0 Å². The lowest BCUT2D eigenvalue weighted by Gasteiger charge is -2.36. The highest BCUT2D eigenvalue weighted by Gasteiger charge is 2.29. The van der Waals surface area contributed by atoms with Gasteiger partial charge in [-0.1, -0.05) is 20.8 Å². The van der Waals surface area contributed by atoms with Gasteiger partial charge in [0.1, 0.15) is 0 Å². The van der Waals surface area contributed by atoms with Crippen LogP contribution in [0.5, 0.6) is 0 Å². The predicted octanol–water partition coefficient (Wildman–Crippen LogP) is 1.09.